The van der Waals surface area contributed by atoms with Gasteiger partial charge in [0.05, 0.1) is 69.1 Å². The van der Waals surface area contributed by atoms with Crippen molar-refractivity contribution in [3.63, 3.8) is 0 Å². The Hall–Kier alpha value is -5.95. The molecule has 4 aromatic rings. The molecule has 3 heterocycles. The van der Waals surface area contributed by atoms with Crippen LogP contribution < -0.4 is 32.2 Å². The van der Waals surface area contributed by atoms with Crippen LogP contribution in [0.25, 0.3) is 10.4 Å². The third-order valence-electron chi connectivity index (χ3n) is 14.7. The number of nitrogens with one attached hydrogen (secondary N) is 3. The van der Waals surface area contributed by atoms with Crippen LogP contribution in [0.15, 0.2) is 72.2 Å². The summed E-state index contributed by atoms with van der Waals surface area (Å²) in [5.74, 6) is -1.42. The van der Waals surface area contributed by atoms with E-state index < -0.39 is 63.9 Å². The van der Waals surface area contributed by atoms with E-state index >= 15 is 0 Å². The summed E-state index contributed by atoms with van der Waals surface area (Å²) in [6.45, 7) is 16.9. The average molecular weight is 1040 g/mol. The molecule has 2 unspecified atom stereocenters. The molecule has 1 aromatic heterocycles. The number of aromatic nitrogens is 1. The van der Waals surface area contributed by atoms with Crippen molar-refractivity contribution in [1.29, 1.82) is 5.26 Å². The fourth-order valence-electron chi connectivity index (χ4n) is 10.5. The lowest BCUT2D eigenvalue weighted by molar-refractivity contribution is -0.144. The number of likely N-dealkylation sites (tertiary alicyclic amines) is 1. The summed E-state index contributed by atoms with van der Waals surface area (Å²) in [6.07, 6.45) is -4.09. The quantitative estimate of drug-likeness (QED) is 0.0876. The Morgan fingerprint density at radius 1 is 0.946 bits per heavy atom. The molecule has 0 bridgehead atoms. The second-order valence-corrected chi connectivity index (χ2v) is 22.3. The van der Waals surface area contributed by atoms with Crippen molar-refractivity contribution in [3.05, 3.63) is 106 Å². The van der Waals surface area contributed by atoms with Crippen molar-refractivity contribution in [1.82, 2.24) is 35.6 Å². The zero-order valence-corrected chi connectivity index (χ0v) is 44.2. The number of alkyl halides is 3. The number of piperazine rings is 1. The maximum absolute atomic E-state index is 14.4. The molecule has 74 heavy (non-hydrogen) atoms. The standard InChI is InChI=1S/C54H69F3N10O6S/c1-32(35-15-17-36(18-16-35)44-33(2)61-31-74-44)62-47(70)42-27-40(72-8)29-67(42)48(71)45(51(3,4)5)63-43(68)30-66-24-22-65(23-25-66)21-9-10-34-11-13-37(14-12-34)46(69)64-49-52(6,59)50(53(49,7)60)73-39-20-19-38(28-58)41(26-39)54(55,56)57/h11-20,26,31-32,40,42,45,49-50H,9-10,21-25,27,29-30,59-60H2,1-8H3,(H,62,70)(H,63,68)(H,64,69)/t32-,40+,42-,45+,49?,50?,52?,53?/m0/s1. The number of hydrogen-bond acceptors (Lipinski definition) is 13. The van der Waals surface area contributed by atoms with Gasteiger partial charge in [-0.2, -0.15) is 18.4 Å². The Bertz CT molecular complexity index is 2680. The molecule has 1 saturated carbocycles. The number of aryl methyl sites for hydroxylation is 2. The first kappa shape index (κ1) is 55.8. The summed E-state index contributed by atoms with van der Waals surface area (Å²) < 4.78 is 52.3. The summed E-state index contributed by atoms with van der Waals surface area (Å²) >= 11 is 1.58. The van der Waals surface area contributed by atoms with Gasteiger partial charge in [-0.15, -0.1) is 11.3 Å². The first-order valence-corrected chi connectivity index (χ1v) is 25.8. The molecule has 3 fully saturated rings. The molecule has 3 aliphatic rings. The van der Waals surface area contributed by atoms with Gasteiger partial charge in [0.25, 0.3) is 5.91 Å². The van der Waals surface area contributed by atoms with Crippen molar-refractivity contribution < 1.29 is 41.8 Å². The number of benzene rings is 3. The summed E-state index contributed by atoms with van der Waals surface area (Å²) in [5, 5.41) is 18.2. The number of hydrogen-bond donors (Lipinski definition) is 5. The minimum absolute atomic E-state index is 0.131. The fraction of sp³-hybridized carbons (Fsp3) is 0.519. The molecule has 4 amide bonds. The molecule has 2 aliphatic heterocycles. The molecule has 20 heteroatoms. The van der Waals surface area contributed by atoms with Crippen molar-refractivity contribution in [3.8, 4) is 22.3 Å². The fourth-order valence-corrected chi connectivity index (χ4v) is 11.3. The van der Waals surface area contributed by atoms with Crippen LogP contribution in [0.1, 0.15) is 98.7 Å². The van der Waals surface area contributed by atoms with Crippen LogP contribution in [0.5, 0.6) is 5.75 Å². The van der Waals surface area contributed by atoms with Crippen LogP contribution in [0, 0.1) is 23.7 Å². The third-order valence-corrected chi connectivity index (χ3v) is 15.7. The van der Waals surface area contributed by atoms with Crippen molar-refractivity contribution in [2.75, 3.05) is 52.9 Å². The van der Waals surface area contributed by atoms with Crippen molar-refractivity contribution in [2.45, 2.75) is 121 Å². The number of thiazole rings is 1. The van der Waals surface area contributed by atoms with Gasteiger partial charge in [-0.3, -0.25) is 24.1 Å². The second-order valence-electron chi connectivity index (χ2n) is 21.5. The number of halogens is 3. The Labute approximate surface area is 435 Å². The van der Waals surface area contributed by atoms with Gasteiger partial charge in [0.1, 0.15) is 23.9 Å². The third kappa shape index (κ3) is 12.6. The number of rotatable bonds is 17. The smallest absolute Gasteiger partial charge is 0.417 e. The van der Waals surface area contributed by atoms with Gasteiger partial charge < -0.3 is 46.7 Å². The minimum atomic E-state index is -4.77. The lowest BCUT2D eigenvalue weighted by atomic mass is 9.58. The number of nitrogens with zero attached hydrogens (tertiary/aromatic N) is 5. The largest absolute Gasteiger partial charge is 0.486 e. The number of ether oxygens (including phenoxy) is 2. The van der Waals surface area contributed by atoms with Crippen molar-refractivity contribution >= 4 is 35.0 Å². The highest BCUT2D eigenvalue weighted by Gasteiger charge is 2.66. The molecule has 7 N–H and O–H groups in total. The average Bonchev–Trinajstić information content (AvgIpc) is 4.00. The topological polar surface area (TPSA) is 221 Å². The molecule has 1 aliphatic carbocycles. The number of nitriles is 1. The number of nitrogens with two attached hydrogens (primary N) is 2. The molecule has 3 aromatic carbocycles. The highest BCUT2D eigenvalue weighted by Crippen LogP contribution is 2.43. The van der Waals surface area contributed by atoms with Gasteiger partial charge in [-0.25, -0.2) is 4.98 Å². The van der Waals surface area contributed by atoms with Crippen LogP contribution in [0.4, 0.5) is 13.2 Å². The summed E-state index contributed by atoms with van der Waals surface area (Å²) in [4.78, 5) is 66.8. The minimum Gasteiger partial charge on any atom is -0.486 e. The van der Waals surface area contributed by atoms with E-state index in [9.17, 15) is 32.3 Å². The highest BCUT2D eigenvalue weighted by atomic mass is 32.1. The molecule has 2 saturated heterocycles. The number of methoxy groups -OCH3 is 1. The highest BCUT2D eigenvalue weighted by molar-refractivity contribution is 7.13. The SMILES string of the molecule is CO[C@@H]1C[C@@H](C(=O)N[C@@H](C)c2ccc(-c3scnc3C)cc2)N(C(=O)[C@@H](NC(=O)CN2CCN(CCCc3ccc(C(=O)NC4C(C)(N)C(Oc5ccc(C#N)c(C(F)(F)F)c5)C4(C)N)cc3)CC2)C(C)(C)C)C1. The van der Waals surface area contributed by atoms with E-state index in [4.69, 9.17) is 26.2 Å². The van der Waals surface area contributed by atoms with Crippen LogP contribution in [0.2, 0.25) is 0 Å². The molecule has 16 nitrogen and oxygen atoms in total. The molecular formula is C54H69F3N10O6S. The molecule has 398 valence electrons. The molecule has 0 spiro atoms. The van der Waals surface area contributed by atoms with Gasteiger partial charge in [-0.1, -0.05) is 57.2 Å². The number of amides is 4. The Morgan fingerprint density at radius 3 is 2.18 bits per heavy atom. The van der Waals surface area contributed by atoms with E-state index in [1.807, 2.05) is 76.5 Å². The predicted octanol–water partition coefficient (Wildman–Crippen LogP) is 5.58. The van der Waals surface area contributed by atoms with E-state index in [1.54, 1.807) is 55.4 Å². The maximum atomic E-state index is 14.4. The van der Waals surface area contributed by atoms with Crippen LogP contribution >= 0.6 is 11.3 Å². The van der Waals surface area contributed by atoms with Gasteiger partial charge in [-0.05, 0) is 99.5 Å². The lowest BCUT2D eigenvalue weighted by Gasteiger charge is -2.61. The second kappa shape index (κ2) is 22.5. The van der Waals surface area contributed by atoms with Gasteiger partial charge in [0.15, 0.2) is 0 Å². The van der Waals surface area contributed by atoms with E-state index in [2.05, 4.69) is 30.7 Å². The van der Waals surface area contributed by atoms with E-state index in [-0.39, 0.29) is 48.7 Å². The zero-order valence-electron chi connectivity index (χ0n) is 43.3. The van der Waals surface area contributed by atoms with E-state index in [0.29, 0.717) is 25.1 Å². The Morgan fingerprint density at radius 2 is 1.59 bits per heavy atom. The molecule has 7 rings (SSSR count). The Kier molecular flexibility index (Phi) is 17.0. The predicted molar refractivity (Wildman–Crippen MR) is 276 cm³/mol. The first-order chi connectivity index (χ1) is 34.8. The summed E-state index contributed by atoms with van der Waals surface area (Å²) in [6, 6.07) is 17.1. The van der Waals surface area contributed by atoms with Crippen LogP contribution in [-0.4, -0.2) is 138 Å². The zero-order chi connectivity index (χ0) is 53.9. The molecule has 0 radical (unpaired) electrons. The van der Waals surface area contributed by atoms with Gasteiger partial charge in [0, 0.05) is 51.8 Å². The lowest BCUT2D eigenvalue weighted by Crippen LogP contribution is -2.90. The van der Waals surface area contributed by atoms with Crippen LogP contribution in [-0.2, 0) is 31.7 Å². The summed E-state index contributed by atoms with van der Waals surface area (Å²) in [5.41, 5.74) is 14.6. The summed E-state index contributed by atoms with van der Waals surface area (Å²) in [7, 11) is 1.57. The molecular weight excluding hydrogens is 974 g/mol. The van der Waals surface area contributed by atoms with Gasteiger partial charge >= 0.3 is 6.18 Å². The molecule has 6 atom stereocenters. The van der Waals surface area contributed by atoms with Crippen LogP contribution in [0.3, 0.4) is 0 Å². The van der Waals surface area contributed by atoms with E-state index in [0.717, 1.165) is 71.9 Å². The van der Waals surface area contributed by atoms with E-state index in [1.165, 1.54) is 6.07 Å². The number of carbonyl (C=O) groups excluding carboxylic acids is 4. The van der Waals surface area contributed by atoms with Crippen molar-refractivity contribution in [2.24, 2.45) is 16.9 Å². The normalized spacial score (nSPS) is 24.3. The maximum Gasteiger partial charge on any atom is 0.417 e. The first-order valence-electron chi connectivity index (χ1n) is 25.0. The number of carbonyl (C=O) groups is 4. The monoisotopic (exact) mass is 1040 g/mol. The Balaban J connectivity index is 0.844. The van der Waals surface area contributed by atoms with Gasteiger partial charge in [0.2, 0.25) is 17.7 Å².